The van der Waals surface area contributed by atoms with Crippen LogP contribution in [0, 0.1) is 0 Å². The van der Waals surface area contributed by atoms with Crippen molar-refractivity contribution >= 4 is 5.97 Å². The molecule has 1 N–H and O–H groups in total. The summed E-state index contributed by atoms with van der Waals surface area (Å²) in [5.41, 5.74) is 0.310. The molecule has 1 aromatic carbocycles. The zero-order valence-corrected chi connectivity index (χ0v) is 11.5. The summed E-state index contributed by atoms with van der Waals surface area (Å²) in [6.45, 7) is 1.70. The van der Waals surface area contributed by atoms with Gasteiger partial charge in [-0.1, -0.05) is 24.3 Å². The predicted octanol–water partition coefficient (Wildman–Crippen LogP) is 2.68. The van der Waals surface area contributed by atoms with E-state index in [2.05, 4.69) is 4.98 Å². The van der Waals surface area contributed by atoms with Crippen molar-refractivity contribution < 1.29 is 14.6 Å². The van der Waals surface area contributed by atoms with E-state index in [0.29, 0.717) is 17.7 Å². The molecule has 0 bridgehead atoms. The molecule has 0 spiro atoms. The van der Waals surface area contributed by atoms with E-state index in [1.54, 1.807) is 32.4 Å². The number of benzene rings is 1. The van der Waals surface area contributed by atoms with Crippen molar-refractivity contribution in [1.29, 1.82) is 0 Å². The van der Waals surface area contributed by atoms with Crippen molar-refractivity contribution in [3.05, 3.63) is 59.9 Å². The lowest BCUT2D eigenvalue weighted by atomic mass is 9.78. The second kappa shape index (κ2) is 5.74. The minimum absolute atomic E-state index is 0.309. The molecule has 0 fully saturated rings. The number of aromatic nitrogens is 1. The Kier molecular flexibility index (Phi) is 4.03. The Hall–Kier alpha value is -2.36. The molecule has 20 heavy (non-hydrogen) atoms. The average Bonchev–Trinajstić information content (AvgIpc) is 2.48. The minimum atomic E-state index is -1.08. The summed E-state index contributed by atoms with van der Waals surface area (Å²) in [5, 5.41) is 9.68. The molecular formula is C16H17NO3. The molecule has 0 radical (unpaired) electrons. The fraction of sp³-hybridized carbons (Fsp3) is 0.250. The molecule has 0 aliphatic heterocycles. The van der Waals surface area contributed by atoms with Crippen LogP contribution in [0.1, 0.15) is 18.2 Å². The van der Waals surface area contributed by atoms with Gasteiger partial charge in [-0.3, -0.25) is 9.78 Å². The molecule has 0 amide bonds. The predicted molar refractivity (Wildman–Crippen MR) is 75.9 cm³/mol. The maximum atomic E-state index is 11.8. The lowest BCUT2D eigenvalue weighted by molar-refractivity contribution is -0.143. The summed E-state index contributed by atoms with van der Waals surface area (Å²) in [4.78, 5) is 16.0. The summed E-state index contributed by atoms with van der Waals surface area (Å²) in [5.74, 6) is -0.319. The zero-order valence-electron chi connectivity index (χ0n) is 11.5. The number of rotatable bonds is 5. The molecule has 1 atom stereocenters. The van der Waals surface area contributed by atoms with Crippen LogP contribution in [-0.4, -0.2) is 23.2 Å². The maximum Gasteiger partial charge on any atom is 0.314 e. The van der Waals surface area contributed by atoms with Gasteiger partial charge in [-0.15, -0.1) is 0 Å². The first kappa shape index (κ1) is 14.1. The fourth-order valence-corrected chi connectivity index (χ4v) is 2.25. The Bertz CT molecular complexity index is 598. The number of hydrogen-bond donors (Lipinski definition) is 1. The first-order valence-electron chi connectivity index (χ1n) is 6.35. The van der Waals surface area contributed by atoms with Gasteiger partial charge in [0.15, 0.2) is 0 Å². The van der Waals surface area contributed by atoms with E-state index in [1.807, 2.05) is 30.3 Å². The Morgan fingerprint density at radius 3 is 2.55 bits per heavy atom. The Balaban J connectivity index is 2.47. The summed E-state index contributed by atoms with van der Waals surface area (Å²) >= 11 is 0. The molecule has 1 aromatic heterocycles. The Morgan fingerprint density at radius 1 is 1.25 bits per heavy atom. The molecule has 1 heterocycles. The van der Waals surface area contributed by atoms with E-state index in [1.165, 1.54) is 0 Å². The lowest BCUT2D eigenvalue weighted by Gasteiger charge is -2.26. The maximum absolute atomic E-state index is 11.8. The van der Waals surface area contributed by atoms with Crippen LogP contribution >= 0.6 is 0 Å². The third-order valence-electron chi connectivity index (χ3n) is 3.43. The fourth-order valence-electron chi connectivity index (χ4n) is 2.25. The molecule has 4 nitrogen and oxygen atoms in total. The third-order valence-corrected chi connectivity index (χ3v) is 3.43. The summed E-state index contributed by atoms with van der Waals surface area (Å²) in [6, 6.07) is 12.7. The molecule has 0 aliphatic rings. The first-order chi connectivity index (χ1) is 9.58. The van der Waals surface area contributed by atoms with Crippen LogP contribution in [0.4, 0.5) is 0 Å². The van der Waals surface area contributed by atoms with Crippen LogP contribution in [0.25, 0.3) is 0 Å². The van der Waals surface area contributed by atoms with Crippen LogP contribution in [0.5, 0.6) is 5.75 Å². The molecule has 2 rings (SSSR count). The van der Waals surface area contributed by atoms with Crippen LogP contribution in [0.15, 0.2) is 48.7 Å². The number of aliphatic carboxylic acids is 1. The standard InChI is InChI=1S/C16H17NO3/c1-16(15(18)19,11-12-7-5-6-10-17-12)13-8-3-4-9-14(13)20-2/h3-10H,11H2,1-2H3,(H,18,19). The average molecular weight is 271 g/mol. The quantitative estimate of drug-likeness (QED) is 0.908. The van der Waals surface area contributed by atoms with Crippen molar-refractivity contribution in [2.24, 2.45) is 0 Å². The molecule has 2 aromatic rings. The molecule has 104 valence electrons. The highest BCUT2D eigenvalue weighted by Crippen LogP contribution is 2.34. The minimum Gasteiger partial charge on any atom is -0.496 e. The van der Waals surface area contributed by atoms with Gasteiger partial charge in [-0.25, -0.2) is 0 Å². The summed E-state index contributed by atoms with van der Waals surface area (Å²) in [7, 11) is 1.54. The van der Waals surface area contributed by atoms with Gasteiger partial charge in [0.2, 0.25) is 0 Å². The van der Waals surface area contributed by atoms with E-state index in [-0.39, 0.29) is 0 Å². The second-order valence-electron chi connectivity index (χ2n) is 4.84. The van der Waals surface area contributed by atoms with Crippen molar-refractivity contribution in [2.75, 3.05) is 7.11 Å². The number of carboxylic acids is 1. The molecule has 4 heteroatoms. The first-order valence-corrected chi connectivity index (χ1v) is 6.35. The SMILES string of the molecule is COc1ccccc1C(C)(Cc1ccccn1)C(=O)O. The number of carbonyl (C=O) groups is 1. The topological polar surface area (TPSA) is 59.4 Å². The number of para-hydroxylation sites is 1. The van der Waals surface area contributed by atoms with Gasteiger partial charge in [-0.2, -0.15) is 0 Å². The molecule has 0 aliphatic carbocycles. The van der Waals surface area contributed by atoms with Gasteiger partial charge in [-0.05, 0) is 25.1 Å². The zero-order chi connectivity index (χ0) is 14.6. The van der Waals surface area contributed by atoms with E-state index >= 15 is 0 Å². The van der Waals surface area contributed by atoms with E-state index in [4.69, 9.17) is 4.74 Å². The van der Waals surface area contributed by atoms with Gasteiger partial charge in [0, 0.05) is 23.9 Å². The monoisotopic (exact) mass is 271 g/mol. The van der Waals surface area contributed by atoms with Crippen LogP contribution in [-0.2, 0) is 16.6 Å². The lowest BCUT2D eigenvalue weighted by Crippen LogP contribution is -2.35. The van der Waals surface area contributed by atoms with Crippen LogP contribution in [0.2, 0.25) is 0 Å². The Labute approximate surface area is 118 Å². The van der Waals surface area contributed by atoms with Crippen molar-refractivity contribution in [3.8, 4) is 5.75 Å². The summed E-state index contributed by atoms with van der Waals surface area (Å²) in [6.07, 6.45) is 1.98. The number of pyridine rings is 1. The molecule has 0 saturated carbocycles. The number of hydrogen-bond acceptors (Lipinski definition) is 3. The van der Waals surface area contributed by atoms with Crippen LogP contribution < -0.4 is 4.74 Å². The van der Waals surface area contributed by atoms with E-state index < -0.39 is 11.4 Å². The second-order valence-corrected chi connectivity index (χ2v) is 4.84. The normalized spacial score (nSPS) is 13.5. The Morgan fingerprint density at radius 2 is 1.95 bits per heavy atom. The number of methoxy groups -OCH3 is 1. The van der Waals surface area contributed by atoms with Crippen LogP contribution in [0.3, 0.4) is 0 Å². The number of nitrogens with zero attached hydrogens (tertiary/aromatic N) is 1. The van der Waals surface area contributed by atoms with Gasteiger partial charge >= 0.3 is 5.97 Å². The van der Waals surface area contributed by atoms with Crippen molar-refractivity contribution in [2.45, 2.75) is 18.8 Å². The third kappa shape index (κ3) is 2.64. The van der Waals surface area contributed by atoms with Gasteiger partial charge in [0.25, 0.3) is 0 Å². The smallest absolute Gasteiger partial charge is 0.314 e. The van der Waals surface area contributed by atoms with Gasteiger partial charge < -0.3 is 9.84 Å². The summed E-state index contributed by atoms with van der Waals surface area (Å²) < 4.78 is 5.30. The molecule has 0 saturated heterocycles. The van der Waals surface area contributed by atoms with Crippen molar-refractivity contribution in [3.63, 3.8) is 0 Å². The van der Waals surface area contributed by atoms with Gasteiger partial charge in [0.1, 0.15) is 5.75 Å². The highest BCUT2D eigenvalue weighted by Gasteiger charge is 2.38. The highest BCUT2D eigenvalue weighted by molar-refractivity contribution is 5.82. The molecular weight excluding hydrogens is 254 g/mol. The van der Waals surface area contributed by atoms with Crippen molar-refractivity contribution in [1.82, 2.24) is 4.98 Å². The molecule has 1 unspecified atom stereocenters. The van der Waals surface area contributed by atoms with E-state index in [0.717, 1.165) is 5.69 Å². The van der Waals surface area contributed by atoms with Gasteiger partial charge in [0.05, 0.1) is 12.5 Å². The highest BCUT2D eigenvalue weighted by atomic mass is 16.5. The van der Waals surface area contributed by atoms with E-state index in [9.17, 15) is 9.90 Å². The largest absolute Gasteiger partial charge is 0.496 e. The number of carboxylic acid groups (broad SMARTS) is 1. The number of ether oxygens (including phenoxy) is 1.